The molecule has 66 heavy (non-hydrogen) atoms. The Morgan fingerprint density at radius 2 is 1.44 bits per heavy atom. The minimum Gasteiger partial charge on any atom is -0.664 e. The van der Waals surface area contributed by atoms with Crippen LogP contribution in [0.4, 0.5) is 0 Å². The number of aliphatic hydroxyl groups is 1. The molecule has 0 spiro atoms. The van der Waals surface area contributed by atoms with E-state index in [1.165, 1.54) is 58.5 Å². The number of methoxy groups -OCH3 is 1. The molecule has 1 N–H and O–H groups in total. The van der Waals surface area contributed by atoms with Crippen molar-refractivity contribution in [1.29, 1.82) is 0 Å². The van der Waals surface area contributed by atoms with Gasteiger partial charge in [0, 0.05) is 17.2 Å². The van der Waals surface area contributed by atoms with Gasteiger partial charge in [0.15, 0.2) is 5.78 Å². The number of allylic oxidation sites excluding steroid dienone is 2. The summed E-state index contributed by atoms with van der Waals surface area (Å²) in [4.78, 5) is 50.7. The van der Waals surface area contributed by atoms with Crippen molar-refractivity contribution in [1.82, 2.24) is 9.97 Å². The molecule has 1 unspecified atom stereocenters. The number of hydrogen-bond acceptors (Lipinski definition) is 6. The normalized spacial score (nSPS) is 26.2. The molecule has 2 fully saturated rings. The van der Waals surface area contributed by atoms with E-state index in [4.69, 9.17) is 30.1 Å². The van der Waals surface area contributed by atoms with Gasteiger partial charge < -0.3 is 35.2 Å². The van der Waals surface area contributed by atoms with E-state index in [0.29, 0.717) is 58.5 Å². The standard InChI is InChI=1S/C55H81N4O6.Mg/c1-13-39-34(7)41-29-46-48(38(11)60)36(9)43(57-46)27-42-35(8)40(52(58-42)50-51(55(63)64-12)54(62)49-37(10)44(59-53(49)50)28-45(39)56-41)23-24-47(61)65-26-25-33(6)22-16-21-32(5)20-15-19-31(4)18-14-17-30(2)3;/h28-35,39-40,42,51-52H,13-27H2,1-12H3,(H2-,56,57,60,62);/q-3;+2/p-1/b45-28-;/t31-,32-,33?,34+,35-,39+,40-,42+,51+,52-;/m0./s1. The Balaban J connectivity index is 0.00000817. The van der Waals surface area contributed by atoms with Crippen LogP contribution in [0.5, 0.6) is 0 Å². The Kier molecular flexibility index (Phi) is 19.4. The Morgan fingerprint density at radius 3 is 2.03 bits per heavy atom. The first-order valence-electron chi connectivity index (χ1n) is 25.3. The zero-order valence-corrected chi connectivity index (χ0v) is 44.0. The number of carbonyl (C=O) groups excluding carboxylic acids is 3. The van der Waals surface area contributed by atoms with Gasteiger partial charge in [0.25, 0.3) is 0 Å². The van der Waals surface area contributed by atoms with Crippen LogP contribution in [0, 0.1) is 67.1 Å². The first-order valence-corrected chi connectivity index (χ1v) is 25.3. The molecule has 4 aliphatic rings. The Labute approximate surface area is 412 Å². The van der Waals surface area contributed by atoms with E-state index in [1.54, 1.807) is 6.92 Å². The zero-order valence-electron chi connectivity index (χ0n) is 42.6. The maximum Gasteiger partial charge on any atom is 2.00 e. The molecular formula is C55H80MgN4O6-2. The van der Waals surface area contributed by atoms with Gasteiger partial charge in [-0.2, -0.15) is 17.1 Å². The van der Waals surface area contributed by atoms with E-state index >= 15 is 0 Å². The Hall–Kier alpha value is -3.28. The second-order valence-corrected chi connectivity index (χ2v) is 21.1. The van der Waals surface area contributed by atoms with Crippen molar-refractivity contribution in [2.24, 2.45) is 53.3 Å². The first kappa shape index (κ1) is 53.7. The van der Waals surface area contributed by atoms with E-state index in [0.717, 1.165) is 65.2 Å². The molecule has 0 amide bonds. The van der Waals surface area contributed by atoms with E-state index in [2.05, 4.69) is 55.4 Å². The van der Waals surface area contributed by atoms with E-state index < -0.39 is 17.9 Å². The van der Waals surface area contributed by atoms with E-state index in [-0.39, 0.29) is 76.7 Å². The van der Waals surface area contributed by atoms with Crippen LogP contribution in [0.3, 0.4) is 0 Å². The fourth-order valence-electron chi connectivity index (χ4n) is 11.5. The minimum atomic E-state index is -1.06. The number of ether oxygens (including phenoxy) is 2. The predicted octanol–water partition coefficient (Wildman–Crippen LogP) is 10.8. The van der Waals surface area contributed by atoms with Crippen LogP contribution in [0.2, 0.25) is 0 Å². The fraction of sp³-hybridized carbons (Fsp3) is 0.691. The smallest absolute Gasteiger partial charge is 0.664 e. The SMILES string of the molecule is CC[C@H]1/C2=C/c3[n-]c4c(c3C)=C(O)[C@H](C(=O)OC)C=4[C@H]3[N-][C@H](Cc4[n-]c(c(C(C)=O)c4C)/C=C(\[N-]2)[C@@H]1C)[C@@H](C)[C@@H]3CCC(=O)OCCC(C)CCC[C@@H](C)CCC[C@@H](C)CCCC(C)C.[Mg+2]. The summed E-state index contributed by atoms with van der Waals surface area (Å²) in [6.45, 7) is 24.0. The van der Waals surface area contributed by atoms with E-state index in [9.17, 15) is 19.5 Å². The predicted molar refractivity (Wildman–Crippen MR) is 267 cm³/mol. The molecule has 10 nitrogen and oxygen atoms in total. The largest absolute Gasteiger partial charge is 2.00 e. The van der Waals surface area contributed by atoms with Crippen LogP contribution in [-0.4, -0.2) is 71.7 Å². The van der Waals surface area contributed by atoms with Crippen molar-refractivity contribution in [3.8, 4) is 0 Å². The van der Waals surface area contributed by atoms with Crippen molar-refractivity contribution in [2.75, 3.05) is 13.7 Å². The number of carbonyl (C=O) groups is 3. The number of esters is 2. The fourth-order valence-corrected chi connectivity index (χ4v) is 11.5. The molecule has 6 rings (SSSR count). The van der Waals surface area contributed by atoms with Crippen molar-refractivity contribution >= 4 is 64.3 Å². The second-order valence-electron chi connectivity index (χ2n) is 21.1. The average Bonchev–Trinajstić information content (AvgIpc) is 4.00. The van der Waals surface area contributed by atoms with Crippen LogP contribution in [-0.2, 0) is 25.5 Å². The van der Waals surface area contributed by atoms with Crippen molar-refractivity contribution in [3.05, 3.63) is 66.4 Å². The number of fused-ring (bicyclic) bond motifs is 8. The van der Waals surface area contributed by atoms with Gasteiger partial charge in [0.05, 0.1) is 13.7 Å². The third-order valence-electron chi connectivity index (χ3n) is 15.8. The van der Waals surface area contributed by atoms with Crippen LogP contribution in [0.15, 0.2) is 11.4 Å². The van der Waals surface area contributed by atoms with Gasteiger partial charge in [-0.3, -0.25) is 14.4 Å². The first-order chi connectivity index (χ1) is 30.9. The molecule has 2 aromatic rings. The number of aromatic nitrogens is 2. The minimum absolute atomic E-state index is 0. The van der Waals surface area contributed by atoms with Gasteiger partial charge in [-0.25, -0.2) is 0 Å². The maximum atomic E-state index is 13.7. The van der Waals surface area contributed by atoms with Gasteiger partial charge >= 0.3 is 35.0 Å². The monoisotopic (exact) mass is 917 g/mol. The van der Waals surface area contributed by atoms with Gasteiger partial charge in [-0.1, -0.05) is 167 Å². The summed E-state index contributed by atoms with van der Waals surface area (Å²) in [5, 5.41) is 23.6. The topological polar surface area (TPSA) is 146 Å². The van der Waals surface area contributed by atoms with Crippen LogP contribution in [0.1, 0.15) is 184 Å². The second kappa shape index (κ2) is 23.8. The molecule has 2 aromatic heterocycles. The number of ketones is 1. The number of nitrogens with zero attached hydrogens (tertiary/aromatic N) is 4. The van der Waals surface area contributed by atoms with Gasteiger partial charge in [0.2, 0.25) is 0 Å². The third kappa shape index (κ3) is 12.1. The molecule has 11 heteroatoms. The maximum absolute atomic E-state index is 13.7. The zero-order chi connectivity index (χ0) is 47.3. The molecule has 0 saturated carbocycles. The molecule has 360 valence electrons. The van der Waals surface area contributed by atoms with Crippen molar-refractivity contribution in [3.63, 3.8) is 0 Å². The molecular weight excluding hydrogens is 837 g/mol. The average molecular weight is 918 g/mol. The summed E-state index contributed by atoms with van der Waals surface area (Å²) in [5.74, 6) is 0.863. The third-order valence-corrected chi connectivity index (χ3v) is 15.8. The molecule has 0 radical (unpaired) electrons. The quantitative estimate of drug-likeness (QED) is 0.0740. The number of Topliss-reactive ketones (excluding diaryl/α,β-unsaturated/α-hetero) is 1. The van der Waals surface area contributed by atoms with Crippen LogP contribution >= 0.6 is 0 Å². The van der Waals surface area contributed by atoms with E-state index in [1.807, 2.05) is 26.0 Å². The van der Waals surface area contributed by atoms with Gasteiger partial charge in [-0.05, 0) is 69.1 Å². The number of rotatable bonds is 21. The van der Waals surface area contributed by atoms with Gasteiger partial charge in [0.1, 0.15) is 11.7 Å². The molecule has 2 saturated heterocycles. The molecule has 3 aliphatic heterocycles. The molecule has 10 atom stereocenters. The molecule has 8 bridgehead atoms. The number of hydrogen-bond donors (Lipinski definition) is 1. The summed E-state index contributed by atoms with van der Waals surface area (Å²) in [5.41, 5.74) is 6.73. The number of aliphatic hydroxyl groups excluding tert-OH is 1. The summed E-state index contributed by atoms with van der Waals surface area (Å²) in [6, 6.07) is -0.778. The Morgan fingerprint density at radius 1 is 0.833 bits per heavy atom. The van der Waals surface area contributed by atoms with Crippen LogP contribution < -0.4 is 20.5 Å². The van der Waals surface area contributed by atoms with Crippen molar-refractivity contribution in [2.45, 2.75) is 178 Å². The Bertz CT molecular complexity index is 2220. The van der Waals surface area contributed by atoms with Crippen molar-refractivity contribution < 1.29 is 29.0 Å². The molecule has 5 heterocycles. The summed E-state index contributed by atoms with van der Waals surface area (Å²) >= 11 is 0. The molecule has 0 aromatic carbocycles. The summed E-state index contributed by atoms with van der Waals surface area (Å²) in [7, 11) is 1.34. The van der Waals surface area contributed by atoms with Gasteiger partial charge in [-0.15, -0.1) is 28.8 Å². The molecule has 1 aliphatic carbocycles. The van der Waals surface area contributed by atoms with Crippen LogP contribution in [0.25, 0.3) is 34.1 Å². The summed E-state index contributed by atoms with van der Waals surface area (Å²) in [6.07, 6.45) is 18.4. The summed E-state index contributed by atoms with van der Waals surface area (Å²) < 4.78 is 11.2.